The molecule has 0 radical (unpaired) electrons. The first-order valence-corrected chi connectivity index (χ1v) is 9.72. The first kappa shape index (κ1) is 19.1. The van der Waals surface area contributed by atoms with Gasteiger partial charge in [-0.1, -0.05) is 24.8 Å². The van der Waals surface area contributed by atoms with Crippen molar-refractivity contribution in [2.24, 2.45) is 0 Å². The fourth-order valence-corrected chi connectivity index (χ4v) is 3.40. The van der Waals surface area contributed by atoms with Crippen LogP contribution in [0.4, 0.5) is 5.82 Å². The highest BCUT2D eigenvalue weighted by molar-refractivity contribution is 7.99. The largest absolute Gasteiger partial charge is 0.490 e. The van der Waals surface area contributed by atoms with E-state index in [0.717, 1.165) is 35.9 Å². The number of hydrogen-bond donors (Lipinski definition) is 3. The lowest BCUT2D eigenvalue weighted by Gasteiger charge is -2.19. The maximum Gasteiger partial charge on any atom is 0.253 e. The molecule has 1 aromatic heterocycles. The molecule has 1 aromatic carbocycles. The molecule has 1 atom stereocenters. The summed E-state index contributed by atoms with van der Waals surface area (Å²) in [4.78, 5) is 30.3. The zero-order valence-corrected chi connectivity index (χ0v) is 15.8. The Labute approximate surface area is 160 Å². The Morgan fingerprint density at radius 3 is 2.85 bits per heavy atom. The van der Waals surface area contributed by atoms with Gasteiger partial charge in [-0.2, -0.15) is 0 Å². The summed E-state index contributed by atoms with van der Waals surface area (Å²) in [6, 6.07) is 6.77. The number of carbonyl (C=O) groups excluding carboxylic acids is 1. The molecular formula is C18H22N4O4S. The summed E-state index contributed by atoms with van der Waals surface area (Å²) in [5.74, 6) is 1.51. The maximum atomic E-state index is 12.3. The van der Waals surface area contributed by atoms with Crippen LogP contribution in [-0.2, 0) is 4.79 Å². The zero-order valence-electron chi connectivity index (χ0n) is 15.0. The van der Waals surface area contributed by atoms with Crippen molar-refractivity contribution in [3.8, 4) is 11.5 Å². The lowest BCUT2D eigenvalue weighted by Crippen LogP contribution is -2.29. The predicted molar refractivity (Wildman–Crippen MR) is 103 cm³/mol. The van der Waals surface area contributed by atoms with E-state index < -0.39 is 0 Å². The minimum Gasteiger partial charge on any atom is -0.490 e. The fraction of sp³-hybridized carbons (Fsp3) is 0.389. The van der Waals surface area contributed by atoms with Gasteiger partial charge < -0.3 is 25.5 Å². The molecule has 8 nitrogen and oxygen atoms in total. The normalized spacial score (nSPS) is 14.3. The fourth-order valence-electron chi connectivity index (χ4n) is 2.71. The second-order valence-corrected chi connectivity index (χ2v) is 7.01. The summed E-state index contributed by atoms with van der Waals surface area (Å²) in [5, 5.41) is 3.32. The van der Waals surface area contributed by atoms with Gasteiger partial charge in [0.2, 0.25) is 5.91 Å². The van der Waals surface area contributed by atoms with Gasteiger partial charge in [0, 0.05) is 12.5 Å². The molecule has 27 heavy (non-hydrogen) atoms. The molecule has 1 aliphatic rings. The van der Waals surface area contributed by atoms with E-state index in [-0.39, 0.29) is 29.1 Å². The number of benzene rings is 1. The number of aromatic nitrogens is 2. The van der Waals surface area contributed by atoms with Crippen molar-refractivity contribution in [2.45, 2.75) is 31.0 Å². The van der Waals surface area contributed by atoms with Gasteiger partial charge in [-0.3, -0.25) is 9.59 Å². The number of amides is 1. The van der Waals surface area contributed by atoms with Gasteiger partial charge in [-0.25, -0.2) is 4.98 Å². The Hall–Kier alpha value is -2.68. The molecule has 2 heterocycles. The Bertz CT molecular complexity index is 871. The van der Waals surface area contributed by atoms with E-state index in [4.69, 9.17) is 15.2 Å². The number of nitrogen functional groups attached to an aromatic ring is 1. The average Bonchev–Trinajstić information content (AvgIpc) is 2.88. The molecule has 2 aromatic rings. The van der Waals surface area contributed by atoms with Crippen molar-refractivity contribution in [1.82, 2.24) is 15.3 Å². The molecule has 0 fully saturated rings. The summed E-state index contributed by atoms with van der Waals surface area (Å²) in [7, 11) is 0. The molecule has 1 aliphatic heterocycles. The summed E-state index contributed by atoms with van der Waals surface area (Å²) < 4.78 is 11.4. The quantitative estimate of drug-likeness (QED) is 0.509. The van der Waals surface area contributed by atoms with E-state index in [2.05, 4.69) is 15.3 Å². The minimum absolute atomic E-state index is 0.118. The number of H-pyrrole nitrogens is 1. The highest BCUT2D eigenvalue weighted by Gasteiger charge is 2.17. The number of aromatic amines is 1. The molecule has 0 bridgehead atoms. The van der Waals surface area contributed by atoms with Crippen LogP contribution in [0.2, 0.25) is 0 Å². The number of fused-ring (bicyclic) bond motifs is 1. The molecule has 144 valence electrons. The topological polar surface area (TPSA) is 119 Å². The van der Waals surface area contributed by atoms with Crippen LogP contribution in [0.5, 0.6) is 11.5 Å². The third kappa shape index (κ3) is 5.16. The summed E-state index contributed by atoms with van der Waals surface area (Å²) in [6.07, 6.45) is 1.57. The number of nitrogens with two attached hydrogens (primary N) is 1. The van der Waals surface area contributed by atoms with Gasteiger partial charge in [0.1, 0.15) is 5.82 Å². The minimum atomic E-state index is -0.343. The Morgan fingerprint density at radius 1 is 1.33 bits per heavy atom. The van der Waals surface area contributed by atoms with E-state index in [1.165, 1.54) is 6.07 Å². The number of nitrogens with one attached hydrogen (secondary N) is 2. The maximum absolute atomic E-state index is 12.3. The number of nitrogens with zero attached hydrogens (tertiary/aromatic N) is 1. The Balaban J connectivity index is 1.63. The smallest absolute Gasteiger partial charge is 0.253 e. The third-order valence-electron chi connectivity index (χ3n) is 4.00. The molecule has 0 saturated heterocycles. The number of anilines is 1. The number of thioether (sulfide) groups is 1. The Morgan fingerprint density at radius 2 is 2.11 bits per heavy atom. The molecule has 0 spiro atoms. The van der Waals surface area contributed by atoms with E-state index in [1.54, 1.807) is 0 Å². The number of ether oxygens (including phenoxy) is 2. The molecule has 3 rings (SSSR count). The van der Waals surface area contributed by atoms with E-state index >= 15 is 0 Å². The summed E-state index contributed by atoms with van der Waals surface area (Å²) in [6.45, 7) is 3.25. The van der Waals surface area contributed by atoms with E-state index in [1.807, 2.05) is 25.1 Å². The second kappa shape index (κ2) is 8.81. The van der Waals surface area contributed by atoms with Gasteiger partial charge >= 0.3 is 0 Å². The molecule has 9 heteroatoms. The first-order valence-electron chi connectivity index (χ1n) is 8.73. The molecule has 1 unspecified atom stereocenters. The molecule has 4 N–H and O–H groups in total. The highest BCUT2D eigenvalue weighted by Crippen LogP contribution is 2.33. The lowest BCUT2D eigenvalue weighted by atomic mass is 10.0. The van der Waals surface area contributed by atoms with Gasteiger partial charge in [-0.15, -0.1) is 0 Å². The van der Waals surface area contributed by atoms with Gasteiger partial charge in [0.05, 0.1) is 25.0 Å². The summed E-state index contributed by atoms with van der Waals surface area (Å²) >= 11 is 1.13. The van der Waals surface area contributed by atoms with Gasteiger partial charge in [0.15, 0.2) is 16.7 Å². The van der Waals surface area contributed by atoms with Crippen LogP contribution in [0, 0.1) is 0 Å². The molecule has 0 saturated carbocycles. The van der Waals surface area contributed by atoms with Crippen LogP contribution in [-0.4, -0.2) is 34.8 Å². The van der Waals surface area contributed by atoms with Crippen LogP contribution < -0.4 is 26.1 Å². The monoisotopic (exact) mass is 390 g/mol. The van der Waals surface area contributed by atoms with Crippen LogP contribution in [0.3, 0.4) is 0 Å². The van der Waals surface area contributed by atoms with Crippen LogP contribution >= 0.6 is 11.8 Å². The van der Waals surface area contributed by atoms with E-state index in [9.17, 15) is 9.59 Å². The van der Waals surface area contributed by atoms with Crippen molar-refractivity contribution >= 4 is 23.5 Å². The zero-order chi connectivity index (χ0) is 19.2. The standard InChI is InChI=1S/C18H22N4O4S/c1-2-12(11-4-5-13-14(8-11)26-7-3-6-25-13)20-17(24)10-27-18-21-15(19)9-16(23)22-18/h4-5,8-9,12H,2-3,6-7,10H2,1H3,(H,20,24)(H3,19,21,22,23). The predicted octanol–water partition coefficient (Wildman–Crippen LogP) is 1.87. The first-order chi connectivity index (χ1) is 13.0. The van der Waals surface area contributed by atoms with E-state index in [0.29, 0.717) is 24.1 Å². The molecule has 1 amide bonds. The second-order valence-electron chi connectivity index (χ2n) is 6.05. The Kier molecular flexibility index (Phi) is 6.23. The number of rotatable bonds is 6. The SMILES string of the molecule is CCC(NC(=O)CSc1nc(N)cc(=O)[nH]1)c1ccc2c(c1)OCCCO2. The van der Waals surface area contributed by atoms with Crippen molar-refractivity contribution in [3.63, 3.8) is 0 Å². The van der Waals surface area contributed by atoms with Crippen LogP contribution in [0.15, 0.2) is 34.2 Å². The third-order valence-corrected chi connectivity index (χ3v) is 4.87. The van der Waals surface area contributed by atoms with Crippen LogP contribution in [0.1, 0.15) is 31.4 Å². The molecular weight excluding hydrogens is 368 g/mol. The van der Waals surface area contributed by atoms with Gasteiger partial charge in [-0.05, 0) is 24.1 Å². The summed E-state index contributed by atoms with van der Waals surface area (Å²) in [5.41, 5.74) is 6.15. The van der Waals surface area contributed by atoms with Gasteiger partial charge in [0.25, 0.3) is 5.56 Å². The van der Waals surface area contributed by atoms with Crippen LogP contribution in [0.25, 0.3) is 0 Å². The number of carbonyl (C=O) groups is 1. The number of hydrogen-bond acceptors (Lipinski definition) is 7. The van der Waals surface area contributed by atoms with Crippen molar-refractivity contribution < 1.29 is 14.3 Å². The van der Waals surface area contributed by atoms with Crippen molar-refractivity contribution in [3.05, 3.63) is 40.2 Å². The molecule has 0 aliphatic carbocycles. The lowest BCUT2D eigenvalue weighted by molar-refractivity contribution is -0.119. The average molecular weight is 390 g/mol. The highest BCUT2D eigenvalue weighted by atomic mass is 32.2. The van der Waals surface area contributed by atoms with Crippen molar-refractivity contribution in [1.29, 1.82) is 0 Å². The van der Waals surface area contributed by atoms with Crippen molar-refractivity contribution in [2.75, 3.05) is 24.7 Å².